The third kappa shape index (κ3) is 3.54. The number of nitrogens with zero attached hydrogens (tertiary/aromatic N) is 2. The molecule has 0 unspecified atom stereocenters. The Bertz CT molecular complexity index is 542. The van der Waals surface area contributed by atoms with Crippen LogP contribution in [-0.4, -0.2) is 28.8 Å². The van der Waals surface area contributed by atoms with Crippen LogP contribution in [0, 0.1) is 0 Å². The number of carbonyl (C=O) groups excluding carboxylic acids is 1. The number of allylic oxidation sites excluding steroid dienone is 1. The molecule has 0 N–H and O–H groups in total. The number of piperidine rings is 1. The van der Waals surface area contributed by atoms with Gasteiger partial charge in [-0.2, -0.15) is 0 Å². The van der Waals surface area contributed by atoms with E-state index in [1.165, 1.54) is 12.0 Å². The van der Waals surface area contributed by atoms with Gasteiger partial charge in [0, 0.05) is 37.6 Å². The monoisotopic (exact) mass is 282 g/mol. The van der Waals surface area contributed by atoms with Crippen LogP contribution in [0.25, 0.3) is 0 Å². The van der Waals surface area contributed by atoms with Crippen LogP contribution in [0.4, 0.5) is 0 Å². The van der Waals surface area contributed by atoms with Crippen LogP contribution in [-0.2, 0) is 11.3 Å². The normalized spacial score (nSPS) is 18.6. The van der Waals surface area contributed by atoms with Gasteiger partial charge in [-0.3, -0.25) is 4.79 Å². The molecule has 1 aromatic carbocycles. The van der Waals surface area contributed by atoms with E-state index in [2.05, 4.69) is 29.3 Å². The lowest BCUT2D eigenvalue weighted by atomic mass is 10.1. The van der Waals surface area contributed by atoms with Crippen LogP contribution in [0.5, 0.6) is 0 Å². The quantitative estimate of drug-likeness (QED) is 0.849. The second-order valence-corrected chi connectivity index (χ2v) is 5.75. The Morgan fingerprint density at radius 2 is 1.81 bits per heavy atom. The molecule has 1 saturated heterocycles. The van der Waals surface area contributed by atoms with E-state index in [1.54, 1.807) is 0 Å². The van der Waals surface area contributed by atoms with Gasteiger partial charge in [-0.15, -0.1) is 0 Å². The first-order chi connectivity index (χ1) is 10.3. The van der Waals surface area contributed by atoms with Gasteiger partial charge in [-0.05, 0) is 31.2 Å². The van der Waals surface area contributed by atoms with E-state index in [1.807, 2.05) is 29.3 Å². The van der Waals surface area contributed by atoms with Gasteiger partial charge in [-0.1, -0.05) is 36.4 Å². The van der Waals surface area contributed by atoms with Gasteiger partial charge in [0.15, 0.2) is 0 Å². The predicted octanol–water partition coefficient (Wildman–Crippen LogP) is 3.30. The second kappa shape index (κ2) is 6.61. The van der Waals surface area contributed by atoms with Gasteiger partial charge >= 0.3 is 0 Å². The van der Waals surface area contributed by atoms with Crippen LogP contribution in [0.2, 0.25) is 0 Å². The minimum atomic E-state index is 0.220. The van der Waals surface area contributed by atoms with Crippen LogP contribution in [0.3, 0.4) is 0 Å². The maximum atomic E-state index is 12.5. The first kappa shape index (κ1) is 13.9. The summed E-state index contributed by atoms with van der Waals surface area (Å²) in [5, 5.41) is 0. The Balaban J connectivity index is 1.67. The van der Waals surface area contributed by atoms with Gasteiger partial charge in [0.05, 0.1) is 0 Å². The van der Waals surface area contributed by atoms with E-state index >= 15 is 0 Å². The van der Waals surface area contributed by atoms with Crippen molar-refractivity contribution in [3.05, 3.63) is 59.9 Å². The van der Waals surface area contributed by atoms with E-state index in [0.29, 0.717) is 0 Å². The largest absolute Gasteiger partial charge is 0.350 e. The molecular formula is C18H22N2O. The first-order valence-electron chi connectivity index (χ1n) is 7.79. The second-order valence-electron chi connectivity index (χ2n) is 5.75. The molecule has 110 valence electrons. The number of benzene rings is 1. The van der Waals surface area contributed by atoms with Crippen LogP contribution in [0.1, 0.15) is 31.2 Å². The zero-order valence-electron chi connectivity index (χ0n) is 12.4. The molecule has 0 spiro atoms. The molecule has 1 fully saturated rings. The molecule has 2 aliphatic rings. The maximum Gasteiger partial charge on any atom is 0.251 e. The van der Waals surface area contributed by atoms with E-state index in [9.17, 15) is 4.79 Å². The number of hydrogen-bond acceptors (Lipinski definition) is 2. The van der Waals surface area contributed by atoms with Gasteiger partial charge in [-0.25, -0.2) is 0 Å². The molecule has 3 nitrogen and oxygen atoms in total. The summed E-state index contributed by atoms with van der Waals surface area (Å²) in [6.45, 7) is 2.64. The summed E-state index contributed by atoms with van der Waals surface area (Å²) >= 11 is 0. The summed E-state index contributed by atoms with van der Waals surface area (Å²) in [5.41, 5.74) is 2.17. The molecule has 2 aliphatic heterocycles. The average Bonchev–Trinajstić information content (AvgIpc) is 2.56. The smallest absolute Gasteiger partial charge is 0.251 e. The van der Waals surface area contributed by atoms with Crippen molar-refractivity contribution in [2.75, 3.05) is 13.1 Å². The van der Waals surface area contributed by atoms with Crippen LogP contribution >= 0.6 is 0 Å². The molecule has 0 atom stereocenters. The van der Waals surface area contributed by atoms with Crippen molar-refractivity contribution in [2.24, 2.45) is 0 Å². The van der Waals surface area contributed by atoms with Crippen molar-refractivity contribution < 1.29 is 4.79 Å². The summed E-state index contributed by atoms with van der Waals surface area (Å²) < 4.78 is 0. The molecule has 0 aliphatic carbocycles. The Morgan fingerprint density at radius 1 is 1.05 bits per heavy atom. The molecule has 3 heteroatoms. The highest BCUT2D eigenvalue weighted by Gasteiger charge is 2.21. The molecule has 1 amide bonds. The van der Waals surface area contributed by atoms with E-state index < -0.39 is 0 Å². The van der Waals surface area contributed by atoms with Crippen LogP contribution < -0.4 is 0 Å². The molecule has 1 aromatic rings. The molecule has 3 rings (SSSR count). The van der Waals surface area contributed by atoms with Crippen molar-refractivity contribution in [1.82, 2.24) is 9.80 Å². The number of carbonyl (C=O) groups is 1. The van der Waals surface area contributed by atoms with Crippen molar-refractivity contribution in [3.8, 4) is 0 Å². The minimum absolute atomic E-state index is 0.220. The summed E-state index contributed by atoms with van der Waals surface area (Å²) in [6, 6.07) is 10.3. The van der Waals surface area contributed by atoms with E-state index in [-0.39, 0.29) is 5.91 Å². The zero-order valence-corrected chi connectivity index (χ0v) is 12.4. The lowest BCUT2D eigenvalue weighted by Gasteiger charge is -2.29. The summed E-state index contributed by atoms with van der Waals surface area (Å²) in [4.78, 5) is 16.7. The van der Waals surface area contributed by atoms with E-state index in [4.69, 9.17) is 0 Å². The minimum Gasteiger partial charge on any atom is -0.350 e. The summed E-state index contributed by atoms with van der Waals surface area (Å²) in [5.74, 6) is 0.220. The molecule has 0 bridgehead atoms. The number of amides is 1. The van der Waals surface area contributed by atoms with Gasteiger partial charge < -0.3 is 9.80 Å². The maximum absolute atomic E-state index is 12.5. The predicted molar refractivity (Wildman–Crippen MR) is 84.3 cm³/mol. The van der Waals surface area contributed by atoms with Crippen molar-refractivity contribution in [2.45, 2.75) is 32.2 Å². The van der Waals surface area contributed by atoms with Gasteiger partial charge in [0.2, 0.25) is 0 Å². The Hall–Kier alpha value is -2.03. The fourth-order valence-corrected chi connectivity index (χ4v) is 2.95. The average molecular weight is 282 g/mol. The topological polar surface area (TPSA) is 23.6 Å². The fourth-order valence-electron chi connectivity index (χ4n) is 2.95. The molecule has 0 radical (unpaired) electrons. The molecule has 2 heterocycles. The van der Waals surface area contributed by atoms with Crippen LogP contribution in [0.15, 0.2) is 54.4 Å². The fraction of sp³-hybridized carbons (Fsp3) is 0.389. The molecule has 0 saturated carbocycles. The lowest BCUT2D eigenvalue weighted by molar-refractivity contribution is -0.128. The standard InChI is InChI=1S/C18H22N2O/c21-18(20-12-5-2-6-13-20)17-10-7-11-19(15-17)14-16-8-3-1-4-9-16/h1,3-4,7-9,11,15H,2,5-6,10,12-14H2. The zero-order chi connectivity index (χ0) is 14.5. The third-order valence-electron chi connectivity index (χ3n) is 4.08. The highest BCUT2D eigenvalue weighted by atomic mass is 16.2. The molecule has 0 aromatic heterocycles. The Labute approximate surface area is 126 Å². The highest BCUT2D eigenvalue weighted by Crippen LogP contribution is 2.19. The van der Waals surface area contributed by atoms with Crippen molar-refractivity contribution in [3.63, 3.8) is 0 Å². The summed E-state index contributed by atoms with van der Waals surface area (Å²) in [6.07, 6.45) is 10.5. The molecule has 21 heavy (non-hydrogen) atoms. The SMILES string of the molecule is O=C(C1=CN(Cc2ccccc2)C=CC1)N1CCCCC1. The number of hydrogen-bond donors (Lipinski definition) is 0. The van der Waals surface area contributed by atoms with Crippen molar-refractivity contribution in [1.29, 1.82) is 0 Å². The lowest BCUT2D eigenvalue weighted by Crippen LogP contribution is -2.37. The molecular weight excluding hydrogens is 260 g/mol. The number of likely N-dealkylation sites (tertiary alicyclic amines) is 1. The summed E-state index contributed by atoms with van der Waals surface area (Å²) in [7, 11) is 0. The van der Waals surface area contributed by atoms with E-state index in [0.717, 1.165) is 44.5 Å². The highest BCUT2D eigenvalue weighted by molar-refractivity contribution is 5.93. The number of rotatable bonds is 3. The van der Waals surface area contributed by atoms with Gasteiger partial charge in [0.1, 0.15) is 0 Å². The van der Waals surface area contributed by atoms with Gasteiger partial charge in [0.25, 0.3) is 5.91 Å². The Kier molecular flexibility index (Phi) is 4.39. The third-order valence-corrected chi connectivity index (χ3v) is 4.08. The van der Waals surface area contributed by atoms with Crippen molar-refractivity contribution >= 4 is 5.91 Å². The first-order valence-corrected chi connectivity index (χ1v) is 7.79. The Morgan fingerprint density at radius 3 is 2.57 bits per heavy atom.